The minimum atomic E-state index is -0.940. The van der Waals surface area contributed by atoms with E-state index in [9.17, 15) is 4.79 Å². The molecule has 0 unspecified atom stereocenters. The number of carboxylic acid groups (broad SMARTS) is 1. The van der Waals surface area contributed by atoms with Gasteiger partial charge in [-0.3, -0.25) is 0 Å². The van der Waals surface area contributed by atoms with E-state index < -0.39 is 5.97 Å². The van der Waals surface area contributed by atoms with Gasteiger partial charge < -0.3 is 5.11 Å². The van der Waals surface area contributed by atoms with Crippen molar-refractivity contribution in [1.82, 2.24) is 4.98 Å². The van der Waals surface area contributed by atoms with Gasteiger partial charge in [-0.1, -0.05) is 6.92 Å². The summed E-state index contributed by atoms with van der Waals surface area (Å²) in [7, 11) is 0. The predicted octanol–water partition coefficient (Wildman–Crippen LogP) is 2.19. The highest BCUT2D eigenvalue weighted by atomic mass is 32.1. The third-order valence-corrected chi connectivity index (χ3v) is 2.36. The second-order valence-electron chi connectivity index (χ2n) is 2.59. The minimum Gasteiger partial charge on any atom is -0.478 e. The molecule has 0 saturated heterocycles. The van der Waals surface area contributed by atoms with Crippen molar-refractivity contribution >= 4 is 23.4 Å². The monoisotopic (exact) mass is 197 g/mol. The van der Waals surface area contributed by atoms with Gasteiger partial charge in [0.25, 0.3) is 0 Å². The highest BCUT2D eigenvalue weighted by Crippen LogP contribution is 2.12. The summed E-state index contributed by atoms with van der Waals surface area (Å²) in [6.45, 7) is 2.09. The third-order valence-electron chi connectivity index (χ3n) is 1.43. The zero-order valence-electron chi connectivity index (χ0n) is 7.36. The molecule has 0 radical (unpaired) electrons. The smallest absolute Gasteiger partial charge is 0.328 e. The summed E-state index contributed by atoms with van der Waals surface area (Å²) >= 11 is 1.57. The molecule has 1 rings (SSSR count). The van der Waals surface area contributed by atoms with E-state index in [2.05, 4.69) is 11.9 Å². The highest BCUT2D eigenvalue weighted by molar-refractivity contribution is 7.09. The summed E-state index contributed by atoms with van der Waals surface area (Å²) in [6.07, 6.45) is 4.64. The summed E-state index contributed by atoms with van der Waals surface area (Å²) in [5, 5.41) is 11.3. The van der Waals surface area contributed by atoms with Gasteiger partial charge in [0, 0.05) is 11.5 Å². The molecule has 3 nitrogen and oxygen atoms in total. The largest absolute Gasteiger partial charge is 0.478 e. The number of carbonyl (C=O) groups is 1. The summed E-state index contributed by atoms with van der Waals surface area (Å²) in [5.41, 5.74) is 0.732. The minimum absolute atomic E-state index is 0.732. The maximum atomic E-state index is 10.2. The van der Waals surface area contributed by atoms with Crippen molar-refractivity contribution < 1.29 is 9.90 Å². The molecule has 0 saturated carbocycles. The molecule has 0 fully saturated rings. The Kier molecular flexibility index (Phi) is 3.64. The molecule has 0 aliphatic heterocycles. The average Bonchev–Trinajstić information content (AvgIpc) is 2.50. The fourth-order valence-electron chi connectivity index (χ4n) is 0.887. The Morgan fingerprint density at radius 3 is 3.15 bits per heavy atom. The predicted molar refractivity (Wildman–Crippen MR) is 52.8 cm³/mol. The van der Waals surface area contributed by atoms with Crippen LogP contribution in [0.2, 0.25) is 0 Å². The molecule has 1 N–H and O–H groups in total. The molecule has 0 aliphatic rings. The fraction of sp³-hybridized carbons (Fsp3) is 0.333. The topological polar surface area (TPSA) is 50.2 Å². The van der Waals surface area contributed by atoms with E-state index in [4.69, 9.17) is 5.11 Å². The van der Waals surface area contributed by atoms with Gasteiger partial charge in [0.2, 0.25) is 0 Å². The van der Waals surface area contributed by atoms with Gasteiger partial charge in [0.15, 0.2) is 0 Å². The second kappa shape index (κ2) is 4.77. The number of aliphatic carboxylic acids is 1. The van der Waals surface area contributed by atoms with Crippen molar-refractivity contribution in [2.75, 3.05) is 0 Å². The maximum Gasteiger partial charge on any atom is 0.328 e. The molecular weight excluding hydrogens is 186 g/mol. The Morgan fingerprint density at radius 2 is 2.54 bits per heavy atom. The lowest BCUT2D eigenvalue weighted by Gasteiger charge is -1.86. The van der Waals surface area contributed by atoms with Crippen LogP contribution in [0.1, 0.15) is 24.0 Å². The Morgan fingerprint density at radius 1 is 1.77 bits per heavy atom. The molecular formula is C9H11NO2S. The van der Waals surface area contributed by atoms with E-state index in [0.29, 0.717) is 0 Å². The van der Waals surface area contributed by atoms with E-state index in [-0.39, 0.29) is 0 Å². The van der Waals surface area contributed by atoms with E-state index in [1.807, 2.05) is 5.38 Å². The van der Waals surface area contributed by atoms with Gasteiger partial charge in [0.05, 0.1) is 10.7 Å². The Balaban J connectivity index is 2.63. The van der Waals surface area contributed by atoms with Gasteiger partial charge >= 0.3 is 5.97 Å². The molecule has 0 amide bonds. The van der Waals surface area contributed by atoms with Crippen LogP contribution in [-0.2, 0) is 11.2 Å². The van der Waals surface area contributed by atoms with Crippen LogP contribution >= 0.6 is 11.3 Å². The van der Waals surface area contributed by atoms with Crippen LogP contribution in [0, 0.1) is 0 Å². The Hall–Kier alpha value is -1.16. The summed E-state index contributed by atoms with van der Waals surface area (Å²) < 4.78 is 0. The molecule has 0 atom stereocenters. The lowest BCUT2D eigenvalue weighted by atomic mass is 10.3. The molecule has 1 aromatic rings. The van der Waals surface area contributed by atoms with Gasteiger partial charge in [0.1, 0.15) is 0 Å². The lowest BCUT2D eigenvalue weighted by molar-refractivity contribution is -0.131. The normalized spacial score (nSPS) is 10.8. The van der Waals surface area contributed by atoms with E-state index >= 15 is 0 Å². The highest BCUT2D eigenvalue weighted by Gasteiger charge is 1.97. The molecule has 0 aromatic carbocycles. The van der Waals surface area contributed by atoms with E-state index in [1.54, 1.807) is 11.3 Å². The number of thiazole rings is 1. The lowest BCUT2D eigenvalue weighted by Crippen LogP contribution is -1.86. The third kappa shape index (κ3) is 3.38. The number of hydrogen-bond donors (Lipinski definition) is 1. The van der Waals surface area contributed by atoms with Crippen molar-refractivity contribution in [3.8, 4) is 0 Å². The summed E-state index contributed by atoms with van der Waals surface area (Å²) in [6, 6.07) is 0. The second-order valence-corrected chi connectivity index (χ2v) is 3.53. The SMILES string of the molecule is CCCc1nc(/C=C/C(=O)O)cs1. The van der Waals surface area contributed by atoms with Crippen LogP contribution in [0.3, 0.4) is 0 Å². The molecule has 70 valence electrons. The zero-order valence-corrected chi connectivity index (χ0v) is 8.17. The van der Waals surface area contributed by atoms with Crippen LogP contribution in [0.4, 0.5) is 0 Å². The number of rotatable bonds is 4. The standard InChI is InChI=1S/C9H11NO2S/c1-2-3-8-10-7(6-13-8)4-5-9(11)12/h4-6H,2-3H2,1H3,(H,11,12)/b5-4+. The van der Waals surface area contributed by atoms with Crippen molar-refractivity contribution in [3.63, 3.8) is 0 Å². The Labute approximate surface area is 80.7 Å². The number of aromatic nitrogens is 1. The van der Waals surface area contributed by atoms with Gasteiger partial charge in [-0.2, -0.15) is 0 Å². The van der Waals surface area contributed by atoms with Gasteiger partial charge in [-0.15, -0.1) is 11.3 Å². The molecule has 0 aliphatic carbocycles. The van der Waals surface area contributed by atoms with Crippen LogP contribution in [0.5, 0.6) is 0 Å². The maximum absolute atomic E-state index is 10.2. The summed E-state index contributed by atoms with van der Waals surface area (Å²) in [4.78, 5) is 14.4. The van der Waals surface area contributed by atoms with Crippen molar-refractivity contribution in [1.29, 1.82) is 0 Å². The van der Waals surface area contributed by atoms with Crippen molar-refractivity contribution in [3.05, 3.63) is 22.2 Å². The van der Waals surface area contributed by atoms with Crippen molar-refractivity contribution in [2.24, 2.45) is 0 Å². The number of hydrogen-bond acceptors (Lipinski definition) is 3. The van der Waals surface area contributed by atoms with Crippen LogP contribution in [0.25, 0.3) is 6.08 Å². The first-order valence-corrected chi connectivity index (χ1v) is 4.95. The average molecular weight is 197 g/mol. The van der Waals surface area contributed by atoms with Crippen LogP contribution in [-0.4, -0.2) is 16.1 Å². The fourth-order valence-corrected chi connectivity index (χ4v) is 1.76. The number of carboxylic acids is 1. The molecule has 0 bridgehead atoms. The van der Waals surface area contributed by atoms with E-state index in [0.717, 1.165) is 29.6 Å². The van der Waals surface area contributed by atoms with Gasteiger partial charge in [-0.25, -0.2) is 9.78 Å². The van der Waals surface area contributed by atoms with Gasteiger partial charge in [-0.05, 0) is 18.9 Å². The molecule has 1 aromatic heterocycles. The van der Waals surface area contributed by atoms with Crippen molar-refractivity contribution in [2.45, 2.75) is 19.8 Å². The first-order chi connectivity index (χ1) is 6.22. The first kappa shape index (κ1) is 9.92. The molecule has 4 heteroatoms. The molecule has 1 heterocycles. The number of aryl methyl sites for hydroxylation is 1. The first-order valence-electron chi connectivity index (χ1n) is 4.07. The molecule has 0 spiro atoms. The Bertz CT molecular complexity index is 317. The van der Waals surface area contributed by atoms with Crippen LogP contribution in [0.15, 0.2) is 11.5 Å². The zero-order chi connectivity index (χ0) is 9.68. The number of nitrogens with zero attached hydrogens (tertiary/aromatic N) is 1. The quantitative estimate of drug-likeness (QED) is 0.753. The van der Waals surface area contributed by atoms with Crippen LogP contribution < -0.4 is 0 Å². The summed E-state index contributed by atoms with van der Waals surface area (Å²) in [5.74, 6) is -0.940. The van der Waals surface area contributed by atoms with E-state index in [1.165, 1.54) is 6.08 Å². The molecule has 13 heavy (non-hydrogen) atoms.